The van der Waals surface area contributed by atoms with Crippen molar-refractivity contribution in [1.82, 2.24) is 4.98 Å². The van der Waals surface area contributed by atoms with Gasteiger partial charge in [-0.3, -0.25) is 4.79 Å². The summed E-state index contributed by atoms with van der Waals surface area (Å²) < 4.78 is 5.88. The number of hydrogen-bond donors (Lipinski definition) is 2. The van der Waals surface area contributed by atoms with Crippen LogP contribution in [0.1, 0.15) is 34.0 Å². The van der Waals surface area contributed by atoms with Crippen LogP contribution in [0.4, 0.5) is 5.69 Å². The highest BCUT2D eigenvalue weighted by Gasteiger charge is 2.23. The minimum absolute atomic E-state index is 0.316. The molecular weight excluding hydrogens is 399 g/mol. The van der Waals surface area contributed by atoms with Crippen LogP contribution in [0.15, 0.2) is 54.7 Å². The summed E-state index contributed by atoms with van der Waals surface area (Å²) >= 11 is 11.8. The zero-order chi connectivity index (χ0) is 19.7. The summed E-state index contributed by atoms with van der Waals surface area (Å²) in [5.41, 5.74) is 2.84. The summed E-state index contributed by atoms with van der Waals surface area (Å²) in [6, 6.07) is 13.7. The normalized spacial score (nSPS) is 15.2. The predicted molar refractivity (Wildman–Crippen MR) is 108 cm³/mol. The Balaban J connectivity index is 1.46. The third kappa shape index (κ3) is 3.83. The second kappa shape index (κ2) is 7.80. The van der Waals surface area contributed by atoms with Crippen molar-refractivity contribution in [1.29, 1.82) is 0 Å². The Bertz CT molecular complexity index is 1040. The van der Waals surface area contributed by atoms with Crippen molar-refractivity contribution in [3.05, 3.63) is 81.5 Å². The Morgan fingerprint density at radius 2 is 2.00 bits per heavy atom. The SMILES string of the molecule is O=C(Nc1ccc(Oc2cccc3c2CCC3O)nc1)c1ccc(Cl)c(Cl)c1. The first-order valence-electron chi connectivity index (χ1n) is 8.71. The van der Waals surface area contributed by atoms with Crippen molar-refractivity contribution in [2.45, 2.75) is 18.9 Å². The summed E-state index contributed by atoms with van der Waals surface area (Å²) in [6.07, 6.45) is 2.54. The molecule has 1 atom stereocenters. The van der Waals surface area contributed by atoms with Gasteiger partial charge in [-0.05, 0) is 48.7 Å². The summed E-state index contributed by atoms with van der Waals surface area (Å²) in [4.78, 5) is 16.6. The number of anilines is 1. The topological polar surface area (TPSA) is 71.5 Å². The third-order valence-electron chi connectivity index (χ3n) is 4.59. The predicted octanol–water partition coefficient (Wildman–Crippen LogP) is 5.41. The fraction of sp³-hybridized carbons (Fsp3) is 0.143. The maximum absolute atomic E-state index is 12.3. The number of aromatic nitrogens is 1. The van der Waals surface area contributed by atoms with Crippen LogP contribution in [-0.2, 0) is 6.42 Å². The standard InChI is InChI=1S/C21H16Cl2N2O3/c22-16-7-4-12(10-17(16)23)21(27)25-13-5-9-20(24-11-13)28-19-3-1-2-14-15(19)6-8-18(14)26/h1-5,7,9-11,18,26H,6,8H2,(H,25,27). The smallest absolute Gasteiger partial charge is 0.255 e. The van der Waals surface area contributed by atoms with E-state index < -0.39 is 6.10 Å². The molecule has 2 N–H and O–H groups in total. The van der Waals surface area contributed by atoms with Crippen molar-refractivity contribution in [3.8, 4) is 11.6 Å². The number of fused-ring (bicyclic) bond motifs is 1. The molecule has 0 saturated heterocycles. The molecular formula is C21H16Cl2N2O3. The van der Waals surface area contributed by atoms with E-state index in [2.05, 4.69) is 10.3 Å². The number of halogens is 2. The monoisotopic (exact) mass is 414 g/mol. The average Bonchev–Trinajstić information content (AvgIpc) is 3.07. The van der Waals surface area contributed by atoms with Crippen LogP contribution in [0, 0.1) is 0 Å². The van der Waals surface area contributed by atoms with Gasteiger partial charge in [0, 0.05) is 17.2 Å². The van der Waals surface area contributed by atoms with Crippen molar-refractivity contribution in [2.75, 3.05) is 5.32 Å². The number of aliphatic hydroxyl groups is 1. The number of hydrogen-bond acceptors (Lipinski definition) is 4. The lowest BCUT2D eigenvalue weighted by atomic mass is 10.1. The molecule has 0 saturated carbocycles. The molecule has 7 heteroatoms. The van der Waals surface area contributed by atoms with E-state index in [0.29, 0.717) is 39.3 Å². The van der Waals surface area contributed by atoms with E-state index in [9.17, 15) is 9.90 Å². The van der Waals surface area contributed by atoms with Crippen molar-refractivity contribution in [3.63, 3.8) is 0 Å². The molecule has 2 aromatic carbocycles. The van der Waals surface area contributed by atoms with E-state index in [4.69, 9.17) is 27.9 Å². The molecule has 4 rings (SSSR count). The number of amides is 1. The second-order valence-corrected chi connectivity index (χ2v) is 7.26. The summed E-state index contributed by atoms with van der Waals surface area (Å²) in [5.74, 6) is 0.778. The highest BCUT2D eigenvalue weighted by atomic mass is 35.5. The maximum Gasteiger partial charge on any atom is 0.255 e. The van der Waals surface area contributed by atoms with Gasteiger partial charge in [-0.1, -0.05) is 35.3 Å². The average molecular weight is 415 g/mol. The van der Waals surface area contributed by atoms with Crippen molar-refractivity contribution < 1.29 is 14.6 Å². The van der Waals surface area contributed by atoms with Crippen molar-refractivity contribution >= 4 is 34.8 Å². The quantitative estimate of drug-likeness (QED) is 0.598. The number of carbonyl (C=O) groups is 1. The van der Waals surface area contributed by atoms with Crippen LogP contribution < -0.4 is 10.1 Å². The van der Waals surface area contributed by atoms with Gasteiger partial charge in [-0.2, -0.15) is 0 Å². The zero-order valence-corrected chi connectivity index (χ0v) is 16.2. The first-order valence-corrected chi connectivity index (χ1v) is 9.47. The molecule has 0 spiro atoms. The molecule has 1 unspecified atom stereocenters. The Morgan fingerprint density at radius 1 is 1.14 bits per heavy atom. The number of pyridine rings is 1. The van der Waals surface area contributed by atoms with Crippen LogP contribution in [0.25, 0.3) is 0 Å². The third-order valence-corrected chi connectivity index (χ3v) is 5.33. The van der Waals surface area contributed by atoms with Gasteiger partial charge < -0.3 is 15.2 Å². The molecule has 1 aliphatic carbocycles. The number of benzene rings is 2. The van der Waals surface area contributed by atoms with Gasteiger partial charge in [0.25, 0.3) is 5.91 Å². The molecule has 1 aliphatic rings. The summed E-state index contributed by atoms with van der Waals surface area (Å²) in [6.45, 7) is 0. The second-order valence-electron chi connectivity index (χ2n) is 6.45. The van der Waals surface area contributed by atoms with E-state index in [1.54, 1.807) is 24.3 Å². The first-order chi connectivity index (χ1) is 13.5. The molecule has 28 heavy (non-hydrogen) atoms. The Kier molecular flexibility index (Phi) is 5.22. The highest BCUT2D eigenvalue weighted by molar-refractivity contribution is 6.42. The van der Waals surface area contributed by atoms with Crippen LogP contribution >= 0.6 is 23.2 Å². The summed E-state index contributed by atoms with van der Waals surface area (Å²) in [7, 11) is 0. The van der Waals surface area contributed by atoms with E-state index in [0.717, 1.165) is 17.5 Å². The van der Waals surface area contributed by atoms with Gasteiger partial charge in [0.15, 0.2) is 0 Å². The van der Waals surface area contributed by atoms with Crippen LogP contribution in [0.2, 0.25) is 10.0 Å². The largest absolute Gasteiger partial charge is 0.439 e. The Morgan fingerprint density at radius 3 is 2.75 bits per heavy atom. The van der Waals surface area contributed by atoms with E-state index in [-0.39, 0.29) is 5.91 Å². The van der Waals surface area contributed by atoms with Gasteiger partial charge in [0.2, 0.25) is 5.88 Å². The molecule has 0 aliphatic heterocycles. The Hall–Kier alpha value is -2.60. The number of nitrogens with one attached hydrogen (secondary N) is 1. The van der Waals surface area contributed by atoms with E-state index >= 15 is 0 Å². The van der Waals surface area contributed by atoms with Crippen LogP contribution in [-0.4, -0.2) is 16.0 Å². The molecule has 142 valence electrons. The first kappa shape index (κ1) is 18.7. The minimum atomic E-state index is -0.439. The van der Waals surface area contributed by atoms with Gasteiger partial charge in [0.1, 0.15) is 5.75 Å². The fourth-order valence-corrected chi connectivity index (χ4v) is 3.46. The molecule has 3 aromatic rings. The number of ether oxygens (including phenoxy) is 1. The van der Waals surface area contributed by atoms with Gasteiger partial charge >= 0.3 is 0 Å². The highest BCUT2D eigenvalue weighted by Crippen LogP contribution is 2.38. The van der Waals surface area contributed by atoms with E-state index in [1.807, 2.05) is 18.2 Å². The molecule has 0 fully saturated rings. The molecule has 0 radical (unpaired) electrons. The fourth-order valence-electron chi connectivity index (χ4n) is 3.16. The number of nitrogens with zero attached hydrogens (tertiary/aromatic N) is 1. The van der Waals surface area contributed by atoms with Crippen LogP contribution in [0.3, 0.4) is 0 Å². The number of rotatable bonds is 4. The summed E-state index contributed by atoms with van der Waals surface area (Å²) in [5, 5.41) is 13.4. The lowest BCUT2D eigenvalue weighted by Gasteiger charge is -2.11. The molecule has 1 aromatic heterocycles. The van der Waals surface area contributed by atoms with Crippen molar-refractivity contribution in [2.24, 2.45) is 0 Å². The van der Waals surface area contributed by atoms with E-state index in [1.165, 1.54) is 12.3 Å². The molecule has 5 nitrogen and oxygen atoms in total. The minimum Gasteiger partial charge on any atom is -0.439 e. The van der Waals surface area contributed by atoms with Gasteiger partial charge in [0.05, 0.1) is 28.0 Å². The molecule has 1 amide bonds. The lowest BCUT2D eigenvalue weighted by molar-refractivity contribution is 0.102. The Labute approximate surface area is 171 Å². The van der Waals surface area contributed by atoms with Crippen LogP contribution in [0.5, 0.6) is 11.6 Å². The molecule has 0 bridgehead atoms. The number of carbonyl (C=O) groups excluding carboxylic acids is 1. The maximum atomic E-state index is 12.3. The number of aliphatic hydroxyl groups excluding tert-OH is 1. The van der Waals surface area contributed by atoms with Gasteiger partial charge in [-0.25, -0.2) is 4.98 Å². The zero-order valence-electron chi connectivity index (χ0n) is 14.7. The van der Waals surface area contributed by atoms with Gasteiger partial charge in [-0.15, -0.1) is 0 Å². The molecule has 1 heterocycles. The lowest BCUT2D eigenvalue weighted by Crippen LogP contribution is -2.12.